The van der Waals surface area contributed by atoms with Crippen LogP contribution in [0.1, 0.15) is 36.8 Å². The van der Waals surface area contributed by atoms with Gasteiger partial charge in [-0.2, -0.15) is 5.26 Å². The molecule has 0 aromatic heterocycles. The average Bonchev–Trinajstić information content (AvgIpc) is 2.91. The number of anilines is 1. The molecular weight excluding hydrogens is 246 g/mol. The minimum atomic E-state index is -0.313. The number of nitrogens with zero attached hydrogens (tertiary/aromatic N) is 2. The van der Waals surface area contributed by atoms with Crippen LogP contribution in [0.2, 0.25) is 0 Å². The van der Waals surface area contributed by atoms with Crippen molar-refractivity contribution in [3.05, 3.63) is 29.3 Å². The highest BCUT2D eigenvalue weighted by atomic mass is 15.2. The number of nitrogens with one attached hydrogen (secondary N) is 1. The highest BCUT2D eigenvalue weighted by Gasteiger charge is 2.41. The van der Waals surface area contributed by atoms with Crippen LogP contribution < -0.4 is 10.2 Å². The molecule has 1 heterocycles. The minimum absolute atomic E-state index is 0.313. The maximum absolute atomic E-state index is 9.43. The second-order valence-electron chi connectivity index (χ2n) is 6.27. The van der Waals surface area contributed by atoms with Crippen LogP contribution in [-0.2, 0) is 6.42 Å². The smallest absolute Gasteiger partial charge is 0.108 e. The van der Waals surface area contributed by atoms with Crippen LogP contribution in [0.3, 0.4) is 0 Å². The third-order valence-corrected chi connectivity index (χ3v) is 5.01. The molecule has 0 saturated heterocycles. The van der Waals surface area contributed by atoms with Gasteiger partial charge in [0, 0.05) is 18.3 Å². The molecule has 2 unspecified atom stereocenters. The predicted molar refractivity (Wildman–Crippen MR) is 81.9 cm³/mol. The van der Waals surface area contributed by atoms with Gasteiger partial charge in [-0.25, -0.2) is 0 Å². The molecule has 3 heteroatoms. The van der Waals surface area contributed by atoms with Gasteiger partial charge in [0.15, 0.2) is 0 Å². The standard InChI is InChI=1S/C17H23N3/c1-13-5-6-16-14(10-13)4-3-9-20(16)15-7-8-17(11-15,12-18)19-2/h5-6,10,15,19H,3-4,7-9,11H2,1-2H3. The van der Waals surface area contributed by atoms with Crippen LogP contribution in [0.15, 0.2) is 18.2 Å². The first-order valence-electron chi connectivity index (χ1n) is 7.64. The molecule has 3 nitrogen and oxygen atoms in total. The zero-order valence-corrected chi connectivity index (χ0v) is 12.4. The van der Waals surface area contributed by atoms with Gasteiger partial charge < -0.3 is 10.2 Å². The lowest BCUT2D eigenvalue weighted by Gasteiger charge is -2.37. The van der Waals surface area contributed by atoms with Crippen molar-refractivity contribution in [1.29, 1.82) is 5.26 Å². The Balaban J connectivity index is 1.86. The number of hydrogen-bond donors (Lipinski definition) is 1. The lowest BCUT2D eigenvalue weighted by molar-refractivity contribution is 0.448. The van der Waals surface area contributed by atoms with Gasteiger partial charge in [0.25, 0.3) is 0 Å². The summed E-state index contributed by atoms with van der Waals surface area (Å²) in [6.45, 7) is 3.29. The van der Waals surface area contributed by atoms with Gasteiger partial charge in [-0.05, 0) is 57.7 Å². The van der Waals surface area contributed by atoms with Crippen LogP contribution in [0.4, 0.5) is 5.69 Å². The van der Waals surface area contributed by atoms with Crippen molar-refractivity contribution in [2.75, 3.05) is 18.5 Å². The number of hydrogen-bond acceptors (Lipinski definition) is 3. The second kappa shape index (κ2) is 5.10. The van der Waals surface area contributed by atoms with Crippen LogP contribution in [0, 0.1) is 18.3 Å². The third-order valence-electron chi connectivity index (χ3n) is 5.01. The molecule has 1 fully saturated rings. The molecule has 2 atom stereocenters. The van der Waals surface area contributed by atoms with E-state index in [9.17, 15) is 5.26 Å². The summed E-state index contributed by atoms with van der Waals surface area (Å²) in [5.74, 6) is 0. The summed E-state index contributed by atoms with van der Waals surface area (Å²) in [6.07, 6.45) is 5.43. The van der Waals surface area contributed by atoms with Gasteiger partial charge >= 0.3 is 0 Å². The SMILES string of the molecule is CNC1(C#N)CCC(N2CCCc3cc(C)ccc32)C1. The molecule has 0 radical (unpaired) electrons. The molecule has 106 valence electrons. The molecule has 0 amide bonds. The molecule has 1 aromatic rings. The van der Waals surface area contributed by atoms with Gasteiger partial charge in [0.05, 0.1) is 6.07 Å². The summed E-state index contributed by atoms with van der Waals surface area (Å²) < 4.78 is 0. The zero-order valence-electron chi connectivity index (χ0n) is 12.4. The van der Waals surface area contributed by atoms with Crippen molar-refractivity contribution < 1.29 is 0 Å². The summed E-state index contributed by atoms with van der Waals surface area (Å²) in [5.41, 5.74) is 3.91. The average molecular weight is 269 g/mol. The Hall–Kier alpha value is -1.53. The van der Waals surface area contributed by atoms with Crippen molar-refractivity contribution in [1.82, 2.24) is 5.32 Å². The largest absolute Gasteiger partial charge is 0.368 e. The van der Waals surface area contributed by atoms with Crippen LogP contribution in [0.5, 0.6) is 0 Å². The number of benzene rings is 1. The highest BCUT2D eigenvalue weighted by Crippen LogP contribution is 2.38. The Morgan fingerprint density at radius 1 is 1.45 bits per heavy atom. The van der Waals surface area contributed by atoms with Crippen molar-refractivity contribution >= 4 is 5.69 Å². The van der Waals surface area contributed by atoms with Gasteiger partial charge in [0.1, 0.15) is 5.54 Å². The molecule has 1 saturated carbocycles. The van der Waals surface area contributed by atoms with E-state index >= 15 is 0 Å². The topological polar surface area (TPSA) is 39.1 Å². The molecule has 20 heavy (non-hydrogen) atoms. The van der Waals surface area contributed by atoms with Gasteiger partial charge in [-0.15, -0.1) is 0 Å². The molecular formula is C17H23N3. The normalized spacial score (nSPS) is 29.1. The number of aryl methyl sites for hydroxylation is 2. The Morgan fingerprint density at radius 3 is 3.00 bits per heavy atom. The highest BCUT2D eigenvalue weighted by molar-refractivity contribution is 5.57. The molecule has 0 bridgehead atoms. The van der Waals surface area contributed by atoms with E-state index in [1.54, 1.807) is 0 Å². The molecule has 0 spiro atoms. The summed E-state index contributed by atoms with van der Waals surface area (Å²) in [5, 5.41) is 12.7. The van der Waals surface area contributed by atoms with E-state index in [-0.39, 0.29) is 5.54 Å². The number of nitriles is 1. The number of rotatable bonds is 2. The van der Waals surface area contributed by atoms with Crippen molar-refractivity contribution in [2.45, 2.75) is 50.6 Å². The van der Waals surface area contributed by atoms with Crippen molar-refractivity contribution in [2.24, 2.45) is 0 Å². The quantitative estimate of drug-likeness (QED) is 0.897. The van der Waals surface area contributed by atoms with E-state index < -0.39 is 0 Å². The van der Waals surface area contributed by atoms with E-state index in [1.807, 2.05) is 7.05 Å². The zero-order chi connectivity index (χ0) is 14.2. The van der Waals surface area contributed by atoms with E-state index in [4.69, 9.17) is 0 Å². The fourth-order valence-corrected chi connectivity index (χ4v) is 3.80. The summed E-state index contributed by atoms with van der Waals surface area (Å²) in [4.78, 5) is 2.55. The number of fused-ring (bicyclic) bond motifs is 1. The first kappa shape index (κ1) is 13.5. The predicted octanol–water partition coefficient (Wildman–Crippen LogP) is 2.78. The van der Waals surface area contributed by atoms with Gasteiger partial charge in [0.2, 0.25) is 0 Å². The van der Waals surface area contributed by atoms with Gasteiger partial charge in [-0.3, -0.25) is 0 Å². The lowest BCUT2D eigenvalue weighted by Crippen LogP contribution is -2.43. The molecule has 1 aliphatic carbocycles. The molecule has 1 N–H and O–H groups in total. The Morgan fingerprint density at radius 2 is 2.30 bits per heavy atom. The molecule has 1 aromatic carbocycles. The minimum Gasteiger partial charge on any atom is -0.368 e. The van der Waals surface area contributed by atoms with Crippen LogP contribution in [0.25, 0.3) is 0 Å². The van der Waals surface area contributed by atoms with Crippen LogP contribution >= 0.6 is 0 Å². The van der Waals surface area contributed by atoms with Gasteiger partial charge in [-0.1, -0.05) is 17.7 Å². The fourth-order valence-electron chi connectivity index (χ4n) is 3.80. The Labute approximate surface area is 121 Å². The van der Waals surface area contributed by atoms with Crippen LogP contribution in [-0.4, -0.2) is 25.2 Å². The first-order valence-corrected chi connectivity index (χ1v) is 7.64. The summed E-state index contributed by atoms with van der Waals surface area (Å²) in [6, 6.07) is 9.80. The summed E-state index contributed by atoms with van der Waals surface area (Å²) in [7, 11) is 1.92. The lowest BCUT2D eigenvalue weighted by atomic mass is 9.96. The summed E-state index contributed by atoms with van der Waals surface area (Å²) >= 11 is 0. The molecule has 3 rings (SSSR count). The first-order chi connectivity index (χ1) is 9.67. The third kappa shape index (κ3) is 2.19. The Bertz CT molecular complexity index is 546. The van der Waals surface area contributed by atoms with E-state index in [0.29, 0.717) is 6.04 Å². The fraction of sp³-hybridized carbons (Fsp3) is 0.588. The Kier molecular flexibility index (Phi) is 3.43. The van der Waals surface area contributed by atoms with E-state index in [2.05, 4.69) is 41.4 Å². The maximum atomic E-state index is 9.43. The second-order valence-corrected chi connectivity index (χ2v) is 6.27. The molecule has 2 aliphatic rings. The maximum Gasteiger partial charge on any atom is 0.108 e. The van der Waals surface area contributed by atoms with E-state index in [1.165, 1.54) is 29.7 Å². The molecule has 1 aliphatic heterocycles. The monoisotopic (exact) mass is 269 g/mol. The van der Waals surface area contributed by atoms with Crippen molar-refractivity contribution in [3.63, 3.8) is 0 Å². The van der Waals surface area contributed by atoms with E-state index in [0.717, 1.165) is 25.8 Å². The van der Waals surface area contributed by atoms with Crippen molar-refractivity contribution in [3.8, 4) is 6.07 Å².